The summed E-state index contributed by atoms with van der Waals surface area (Å²) in [5.74, 6) is 0.726. The number of benzene rings is 1. The molecule has 6 heteroatoms. The van der Waals surface area contributed by atoms with Crippen molar-refractivity contribution in [2.45, 2.75) is 20.8 Å². The lowest BCUT2D eigenvalue weighted by Gasteiger charge is -2.33. The Hall–Kier alpha value is -2.47. The van der Waals surface area contributed by atoms with Crippen molar-refractivity contribution >= 4 is 17.4 Å². The molecule has 2 aromatic rings. The molecule has 26 heavy (non-hydrogen) atoms. The maximum absolute atomic E-state index is 12.7. The molecule has 0 N–H and O–H groups in total. The van der Waals surface area contributed by atoms with Crippen LogP contribution < -0.4 is 4.90 Å². The average molecular weight is 353 g/mol. The largest absolute Gasteiger partial charge is 0.335 e. The Kier molecular flexibility index (Phi) is 5.83. The minimum atomic E-state index is -0.0293. The Morgan fingerprint density at radius 1 is 1.12 bits per heavy atom. The maximum Gasteiger partial charge on any atom is 0.274 e. The molecule has 0 saturated carbocycles. The first-order valence-corrected chi connectivity index (χ1v) is 9.30. The minimum absolute atomic E-state index is 0.0293. The zero-order chi connectivity index (χ0) is 18.5. The predicted octanol–water partition coefficient (Wildman–Crippen LogP) is 2.72. The number of hydrogen-bond donors (Lipinski definition) is 0. The number of piperazine rings is 1. The van der Waals surface area contributed by atoms with Gasteiger partial charge in [-0.3, -0.25) is 4.79 Å². The highest BCUT2D eigenvalue weighted by Crippen LogP contribution is 2.23. The summed E-state index contributed by atoms with van der Waals surface area (Å²) in [5.41, 5.74) is 2.70. The second kappa shape index (κ2) is 8.27. The molecule has 1 aromatic carbocycles. The van der Waals surface area contributed by atoms with Gasteiger partial charge in [-0.05, 0) is 38.1 Å². The molecule has 1 aromatic heterocycles. The van der Waals surface area contributed by atoms with Crippen molar-refractivity contribution < 1.29 is 4.79 Å². The normalized spacial score (nSPS) is 15.1. The Balaban J connectivity index is 1.72. The first-order chi connectivity index (χ1) is 12.6. The van der Waals surface area contributed by atoms with Crippen LogP contribution in [0.3, 0.4) is 0 Å². The van der Waals surface area contributed by atoms with Gasteiger partial charge < -0.3 is 14.7 Å². The second-order valence-corrected chi connectivity index (χ2v) is 6.57. The second-order valence-electron chi connectivity index (χ2n) is 6.57. The van der Waals surface area contributed by atoms with Crippen LogP contribution in [0, 0.1) is 6.92 Å². The summed E-state index contributed by atoms with van der Waals surface area (Å²) in [6.07, 6.45) is 3.30. The standard InChI is InChI=1S/C20H27N5O/c1-4-23-9-11-24(12-10-23)20(26)18-14-22-19(15-21-18)25(5-2)17-8-6-7-16(3)13-17/h6-8,13-15H,4-5,9-12H2,1-3H3. The van der Waals surface area contributed by atoms with Gasteiger partial charge in [-0.25, -0.2) is 9.97 Å². The molecular weight excluding hydrogens is 326 g/mol. The third kappa shape index (κ3) is 4.02. The number of aryl methyl sites for hydroxylation is 1. The van der Waals surface area contributed by atoms with Crippen molar-refractivity contribution in [1.29, 1.82) is 0 Å². The molecule has 1 aliphatic heterocycles. The Morgan fingerprint density at radius 3 is 2.46 bits per heavy atom. The van der Waals surface area contributed by atoms with Crippen molar-refractivity contribution in [3.8, 4) is 0 Å². The summed E-state index contributed by atoms with van der Waals surface area (Å²) in [6.45, 7) is 11.5. The number of likely N-dealkylation sites (N-methyl/N-ethyl adjacent to an activating group) is 1. The van der Waals surface area contributed by atoms with E-state index in [1.165, 1.54) is 5.56 Å². The van der Waals surface area contributed by atoms with Crippen molar-refractivity contribution in [3.63, 3.8) is 0 Å². The number of amides is 1. The fraction of sp³-hybridized carbons (Fsp3) is 0.450. The van der Waals surface area contributed by atoms with Gasteiger partial charge in [0.1, 0.15) is 5.69 Å². The summed E-state index contributed by atoms with van der Waals surface area (Å²) >= 11 is 0. The third-order valence-corrected chi connectivity index (χ3v) is 4.87. The smallest absolute Gasteiger partial charge is 0.274 e. The summed E-state index contributed by atoms with van der Waals surface area (Å²) in [4.78, 5) is 27.9. The molecule has 2 heterocycles. The number of nitrogens with zero attached hydrogens (tertiary/aromatic N) is 5. The predicted molar refractivity (Wildman–Crippen MR) is 104 cm³/mol. The number of hydrogen-bond acceptors (Lipinski definition) is 5. The van der Waals surface area contributed by atoms with E-state index >= 15 is 0 Å². The monoisotopic (exact) mass is 353 g/mol. The van der Waals surface area contributed by atoms with Gasteiger partial charge in [-0.15, -0.1) is 0 Å². The Bertz CT molecular complexity index is 738. The lowest BCUT2D eigenvalue weighted by molar-refractivity contribution is 0.0637. The molecule has 138 valence electrons. The van der Waals surface area contributed by atoms with Crippen molar-refractivity contribution in [2.24, 2.45) is 0 Å². The van der Waals surface area contributed by atoms with E-state index in [9.17, 15) is 4.79 Å². The van der Waals surface area contributed by atoms with Gasteiger partial charge in [-0.2, -0.15) is 0 Å². The van der Waals surface area contributed by atoms with Crippen LogP contribution in [-0.4, -0.2) is 64.9 Å². The minimum Gasteiger partial charge on any atom is -0.335 e. The molecule has 0 spiro atoms. The van der Waals surface area contributed by atoms with E-state index in [4.69, 9.17) is 0 Å². The van der Waals surface area contributed by atoms with Crippen LogP contribution in [0.5, 0.6) is 0 Å². The van der Waals surface area contributed by atoms with Crippen LogP contribution in [0.25, 0.3) is 0 Å². The molecular formula is C20H27N5O. The van der Waals surface area contributed by atoms with Gasteiger partial charge >= 0.3 is 0 Å². The summed E-state index contributed by atoms with van der Waals surface area (Å²) < 4.78 is 0. The Labute approximate surface area is 155 Å². The van der Waals surface area contributed by atoms with Gasteiger partial charge in [0.2, 0.25) is 0 Å². The van der Waals surface area contributed by atoms with Gasteiger partial charge in [-0.1, -0.05) is 19.1 Å². The molecule has 0 aliphatic carbocycles. The van der Waals surface area contributed by atoms with Gasteiger partial charge in [0.15, 0.2) is 5.82 Å². The Morgan fingerprint density at radius 2 is 1.88 bits per heavy atom. The van der Waals surface area contributed by atoms with Gasteiger partial charge in [0, 0.05) is 38.4 Å². The van der Waals surface area contributed by atoms with Gasteiger partial charge in [0.25, 0.3) is 5.91 Å². The molecule has 1 amide bonds. The van der Waals surface area contributed by atoms with E-state index < -0.39 is 0 Å². The van der Waals surface area contributed by atoms with E-state index in [0.717, 1.165) is 50.8 Å². The number of carbonyl (C=O) groups excluding carboxylic acids is 1. The zero-order valence-corrected chi connectivity index (χ0v) is 15.9. The molecule has 0 unspecified atom stereocenters. The molecule has 0 bridgehead atoms. The van der Waals surface area contributed by atoms with Crippen molar-refractivity contribution in [1.82, 2.24) is 19.8 Å². The topological polar surface area (TPSA) is 52.6 Å². The van der Waals surface area contributed by atoms with Crippen LogP contribution in [0.1, 0.15) is 29.9 Å². The quantitative estimate of drug-likeness (QED) is 0.827. The van der Waals surface area contributed by atoms with Crippen LogP contribution in [0.15, 0.2) is 36.7 Å². The molecule has 0 radical (unpaired) electrons. The molecule has 1 saturated heterocycles. The molecule has 0 atom stereocenters. The summed E-state index contributed by atoms with van der Waals surface area (Å²) in [7, 11) is 0. The number of anilines is 2. The summed E-state index contributed by atoms with van der Waals surface area (Å²) in [6, 6.07) is 8.29. The third-order valence-electron chi connectivity index (χ3n) is 4.87. The van der Waals surface area contributed by atoms with Crippen LogP contribution >= 0.6 is 0 Å². The molecule has 6 nitrogen and oxygen atoms in total. The first kappa shape index (κ1) is 18.3. The summed E-state index contributed by atoms with van der Waals surface area (Å²) in [5, 5.41) is 0. The van der Waals surface area contributed by atoms with E-state index in [1.54, 1.807) is 12.4 Å². The van der Waals surface area contributed by atoms with E-state index in [2.05, 4.69) is 58.7 Å². The molecule has 1 aliphatic rings. The highest BCUT2D eigenvalue weighted by molar-refractivity contribution is 5.92. The lowest BCUT2D eigenvalue weighted by atomic mass is 10.2. The van der Waals surface area contributed by atoms with E-state index in [1.807, 2.05) is 11.0 Å². The molecule has 3 rings (SSSR count). The SMILES string of the molecule is CCN1CCN(C(=O)c2cnc(N(CC)c3cccc(C)c3)cn2)CC1. The van der Waals surface area contributed by atoms with E-state index in [-0.39, 0.29) is 5.91 Å². The zero-order valence-electron chi connectivity index (χ0n) is 15.9. The fourth-order valence-corrected chi connectivity index (χ4v) is 3.27. The van der Waals surface area contributed by atoms with Crippen LogP contribution in [0.2, 0.25) is 0 Å². The molecule has 1 fully saturated rings. The number of carbonyl (C=O) groups is 1. The van der Waals surface area contributed by atoms with Crippen molar-refractivity contribution in [3.05, 3.63) is 47.9 Å². The van der Waals surface area contributed by atoms with Crippen LogP contribution in [-0.2, 0) is 0 Å². The van der Waals surface area contributed by atoms with E-state index in [0.29, 0.717) is 5.69 Å². The van der Waals surface area contributed by atoms with Crippen LogP contribution in [0.4, 0.5) is 11.5 Å². The first-order valence-electron chi connectivity index (χ1n) is 9.30. The lowest BCUT2D eigenvalue weighted by Crippen LogP contribution is -2.48. The number of rotatable bonds is 5. The fourth-order valence-electron chi connectivity index (χ4n) is 3.27. The van der Waals surface area contributed by atoms with Gasteiger partial charge in [0.05, 0.1) is 12.4 Å². The maximum atomic E-state index is 12.7. The average Bonchev–Trinajstić information content (AvgIpc) is 2.69. The highest BCUT2D eigenvalue weighted by atomic mass is 16.2. The highest BCUT2D eigenvalue weighted by Gasteiger charge is 2.22. The number of aromatic nitrogens is 2. The van der Waals surface area contributed by atoms with Crippen molar-refractivity contribution in [2.75, 3.05) is 44.2 Å².